The number of likely N-dealkylation sites (tertiary alicyclic amines) is 1. The summed E-state index contributed by atoms with van der Waals surface area (Å²) in [6, 6.07) is 9.74. The summed E-state index contributed by atoms with van der Waals surface area (Å²) in [6.07, 6.45) is 4.58. The normalized spacial score (nSPS) is 18.0. The van der Waals surface area contributed by atoms with Gasteiger partial charge in [0.15, 0.2) is 0 Å². The van der Waals surface area contributed by atoms with E-state index in [0.717, 1.165) is 18.5 Å². The largest absolute Gasteiger partial charge is 0.383 e. The van der Waals surface area contributed by atoms with Crippen LogP contribution >= 0.6 is 0 Å². The molecule has 0 spiro atoms. The third-order valence-corrected chi connectivity index (χ3v) is 4.28. The predicted molar refractivity (Wildman–Crippen MR) is 91.8 cm³/mol. The first-order chi connectivity index (χ1) is 12.1. The number of hydrogen-bond acceptors (Lipinski definition) is 4. The molecule has 0 radical (unpaired) electrons. The summed E-state index contributed by atoms with van der Waals surface area (Å²) in [7, 11) is 0. The molecule has 2 N–H and O–H groups in total. The molecule has 25 heavy (non-hydrogen) atoms. The van der Waals surface area contributed by atoms with Gasteiger partial charge in [0.1, 0.15) is 11.9 Å². The van der Waals surface area contributed by atoms with Crippen molar-refractivity contribution >= 4 is 11.8 Å². The van der Waals surface area contributed by atoms with Crippen LogP contribution in [0, 0.1) is 0 Å². The van der Waals surface area contributed by atoms with Crippen molar-refractivity contribution in [3.63, 3.8) is 0 Å². The van der Waals surface area contributed by atoms with Gasteiger partial charge in [-0.3, -0.25) is 9.59 Å². The average molecular weight is 342 g/mol. The van der Waals surface area contributed by atoms with Crippen LogP contribution in [0.4, 0.5) is 0 Å². The second-order valence-corrected chi connectivity index (χ2v) is 6.10. The van der Waals surface area contributed by atoms with E-state index in [2.05, 4.69) is 10.3 Å². The Bertz CT molecular complexity index is 729. The molecule has 1 atom stereocenters. The molecule has 2 aromatic rings. The Morgan fingerprint density at radius 1 is 1.28 bits per heavy atom. The average Bonchev–Trinajstić information content (AvgIpc) is 3.05. The summed E-state index contributed by atoms with van der Waals surface area (Å²) in [5, 5.41) is 12.5. The van der Waals surface area contributed by atoms with Crippen molar-refractivity contribution < 1.29 is 14.7 Å². The zero-order valence-electron chi connectivity index (χ0n) is 14.0. The number of benzene rings is 1. The second-order valence-electron chi connectivity index (χ2n) is 6.10. The maximum absolute atomic E-state index is 12.2. The first-order valence-electron chi connectivity index (χ1n) is 8.46. The minimum atomic E-state index is -0.993. The van der Waals surface area contributed by atoms with Crippen molar-refractivity contribution in [3.8, 4) is 5.69 Å². The molecule has 1 fully saturated rings. The zero-order chi connectivity index (χ0) is 17.6. The molecule has 0 bridgehead atoms. The van der Waals surface area contributed by atoms with Gasteiger partial charge in [0.05, 0.1) is 13.1 Å². The molecule has 1 unspecified atom stereocenters. The number of hydrogen-bond donors (Lipinski definition) is 2. The van der Waals surface area contributed by atoms with Crippen LogP contribution in [-0.2, 0) is 16.1 Å². The lowest BCUT2D eigenvalue weighted by Crippen LogP contribution is -2.44. The number of rotatable bonds is 5. The number of carbonyl (C=O) groups excluding carboxylic acids is 2. The summed E-state index contributed by atoms with van der Waals surface area (Å²) in [5.41, 5.74) is 0.968. The van der Waals surface area contributed by atoms with Crippen LogP contribution < -0.4 is 5.32 Å². The highest BCUT2D eigenvalue weighted by molar-refractivity contribution is 5.87. The van der Waals surface area contributed by atoms with Crippen LogP contribution in [-0.4, -0.2) is 50.6 Å². The van der Waals surface area contributed by atoms with Crippen molar-refractivity contribution in [1.29, 1.82) is 0 Å². The van der Waals surface area contributed by atoms with Gasteiger partial charge >= 0.3 is 0 Å². The molecule has 1 aromatic heterocycles. The Labute approximate surface area is 146 Å². The first-order valence-corrected chi connectivity index (χ1v) is 8.46. The molecule has 7 heteroatoms. The molecule has 0 aliphatic carbocycles. The lowest BCUT2D eigenvalue weighted by Gasteiger charge is -2.21. The summed E-state index contributed by atoms with van der Waals surface area (Å²) >= 11 is 0. The summed E-state index contributed by atoms with van der Waals surface area (Å²) < 4.78 is 1.90. The highest BCUT2D eigenvalue weighted by Crippen LogP contribution is 2.12. The van der Waals surface area contributed by atoms with Gasteiger partial charge in [-0.05, 0) is 31.4 Å². The van der Waals surface area contributed by atoms with Crippen LogP contribution in [0.15, 0.2) is 42.7 Å². The van der Waals surface area contributed by atoms with Crippen molar-refractivity contribution in [2.75, 3.05) is 13.1 Å². The second kappa shape index (κ2) is 7.94. The van der Waals surface area contributed by atoms with E-state index in [9.17, 15) is 14.7 Å². The van der Waals surface area contributed by atoms with Gasteiger partial charge in [-0.1, -0.05) is 18.2 Å². The number of nitrogens with one attached hydrogen (secondary N) is 1. The third kappa shape index (κ3) is 4.24. The molecule has 1 aliphatic heterocycles. The molecule has 2 amide bonds. The van der Waals surface area contributed by atoms with Gasteiger partial charge in [-0.15, -0.1) is 0 Å². The minimum Gasteiger partial charge on any atom is -0.383 e. The molecule has 1 aromatic carbocycles. The molecule has 1 saturated heterocycles. The van der Waals surface area contributed by atoms with Crippen molar-refractivity contribution in [2.45, 2.75) is 31.9 Å². The number of aliphatic hydroxyl groups is 1. The monoisotopic (exact) mass is 342 g/mol. The van der Waals surface area contributed by atoms with E-state index < -0.39 is 6.10 Å². The molecular formula is C18H22N4O3. The van der Waals surface area contributed by atoms with E-state index >= 15 is 0 Å². The van der Waals surface area contributed by atoms with Crippen LogP contribution in [0.3, 0.4) is 0 Å². The van der Waals surface area contributed by atoms with Crippen molar-refractivity contribution in [1.82, 2.24) is 19.8 Å². The predicted octanol–water partition coefficient (Wildman–Crippen LogP) is 0.862. The molecular weight excluding hydrogens is 320 g/mol. The number of imidazole rings is 1. The van der Waals surface area contributed by atoms with Crippen LogP contribution in [0.5, 0.6) is 0 Å². The Kier molecular flexibility index (Phi) is 5.45. The standard InChI is InChI=1S/C18H22N4O3/c23-15-8-4-5-10-21(18(15)25)13-17(24)20-12-16-19-9-11-22(16)14-6-2-1-3-7-14/h1-3,6-7,9,11,15,23H,4-5,8,10,12-13H2,(H,20,24). The highest BCUT2D eigenvalue weighted by atomic mass is 16.3. The number of aliphatic hydroxyl groups excluding tert-OH is 1. The Balaban J connectivity index is 1.58. The quantitative estimate of drug-likeness (QED) is 0.844. The third-order valence-electron chi connectivity index (χ3n) is 4.28. The van der Waals surface area contributed by atoms with E-state index in [1.165, 1.54) is 4.90 Å². The van der Waals surface area contributed by atoms with Gasteiger partial charge < -0.3 is 19.9 Å². The zero-order valence-corrected chi connectivity index (χ0v) is 14.0. The minimum absolute atomic E-state index is 0.0397. The molecule has 7 nitrogen and oxygen atoms in total. The fourth-order valence-electron chi connectivity index (χ4n) is 2.94. The number of nitrogens with zero attached hydrogens (tertiary/aromatic N) is 3. The number of para-hydroxylation sites is 1. The fourth-order valence-corrected chi connectivity index (χ4v) is 2.94. The lowest BCUT2D eigenvalue weighted by atomic mass is 10.2. The maximum atomic E-state index is 12.2. The Morgan fingerprint density at radius 2 is 2.08 bits per heavy atom. The molecule has 3 rings (SSSR count). The van der Waals surface area contributed by atoms with Crippen LogP contribution in [0.2, 0.25) is 0 Å². The van der Waals surface area contributed by atoms with E-state index in [0.29, 0.717) is 18.8 Å². The smallest absolute Gasteiger partial charge is 0.251 e. The van der Waals surface area contributed by atoms with E-state index in [1.807, 2.05) is 41.1 Å². The van der Waals surface area contributed by atoms with Crippen molar-refractivity contribution in [3.05, 3.63) is 48.5 Å². The number of aromatic nitrogens is 2. The number of carbonyl (C=O) groups is 2. The van der Waals surface area contributed by atoms with Crippen molar-refractivity contribution in [2.24, 2.45) is 0 Å². The highest BCUT2D eigenvalue weighted by Gasteiger charge is 2.26. The summed E-state index contributed by atoms with van der Waals surface area (Å²) in [6.45, 7) is 0.731. The Morgan fingerprint density at radius 3 is 2.88 bits per heavy atom. The maximum Gasteiger partial charge on any atom is 0.251 e. The van der Waals surface area contributed by atoms with E-state index in [4.69, 9.17) is 0 Å². The molecule has 0 saturated carbocycles. The van der Waals surface area contributed by atoms with Crippen LogP contribution in [0.1, 0.15) is 25.1 Å². The van der Waals surface area contributed by atoms with Gasteiger partial charge in [-0.2, -0.15) is 0 Å². The molecule has 2 heterocycles. The molecule has 1 aliphatic rings. The summed E-state index contributed by atoms with van der Waals surface area (Å²) in [5.74, 6) is 0.0882. The van der Waals surface area contributed by atoms with Gasteiger partial charge in [0.25, 0.3) is 5.91 Å². The van der Waals surface area contributed by atoms with E-state index in [-0.39, 0.29) is 24.9 Å². The topological polar surface area (TPSA) is 87.5 Å². The number of amides is 2. The van der Waals surface area contributed by atoms with E-state index in [1.54, 1.807) is 6.20 Å². The SMILES string of the molecule is O=C(CN1CCCCC(O)C1=O)NCc1nccn1-c1ccccc1. The molecule has 132 valence electrons. The van der Waals surface area contributed by atoms with Gasteiger partial charge in [0, 0.05) is 24.6 Å². The Hall–Kier alpha value is -2.67. The van der Waals surface area contributed by atoms with Crippen LogP contribution in [0.25, 0.3) is 5.69 Å². The fraction of sp³-hybridized carbons (Fsp3) is 0.389. The van der Waals surface area contributed by atoms with Gasteiger partial charge in [0.2, 0.25) is 5.91 Å². The van der Waals surface area contributed by atoms with Gasteiger partial charge in [-0.25, -0.2) is 4.98 Å². The lowest BCUT2D eigenvalue weighted by molar-refractivity contribution is -0.142. The first kappa shape index (κ1) is 17.2. The summed E-state index contributed by atoms with van der Waals surface area (Å²) in [4.78, 5) is 29.9.